The van der Waals surface area contributed by atoms with Crippen LogP contribution in [0, 0.1) is 0 Å². The van der Waals surface area contributed by atoms with Crippen LogP contribution in [0.2, 0.25) is 5.15 Å². The molecule has 1 N–H and O–H groups in total. The summed E-state index contributed by atoms with van der Waals surface area (Å²) >= 11 is 5.87. The van der Waals surface area contributed by atoms with Crippen molar-refractivity contribution in [1.29, 1.82) is 0 Å². The van der Waals surface area contributed by atoms with E-state index in [0.29, 0.717) is 11.0 Å². The SMILES string of the molecule is Clc1nccnc1NCCC1=CCCC1. The van der Waals surface area contributed by atoms with Gasteiger partial charge in [0.2, 0.25) is 0 Å². The van der Waals surface area contributed by atoms with Crippen molar-refractivity contribution in [1.82, 2.24) is 9.97 Å². The third-order valence-electron chi connectivity index (χ3n) is 2.53. The maximum Gasteiger partial charge on any atom is 0.171 e. The third kappa shape index (κ3) is 2.93. The van der Waals surface area contributed by atoms with Crippen LogP contribution in [0.3, 0.4) is 0 Å². The zero-order valence-corrected chi connectivity index (χ0v) is 9.30. The lowest BCUT2D eigenvalue weighted by Gasteiger charge is -2.06. The Morgan fingerprint density at radius 1 is 1.33 bits per heavy atom. The molecule has 0 unspecified atom stereocenters. The Morgan fingerprint density at radius 2 is 2.20 bits per heavy atom. The molecule has 0 atom stereocenters. The molecule has 0 saturated heterocycles. The van der Waals surface area contributed by atoms with Gasteiger partial charge in [-0.1, -0.05) is 23.3 Å². The summed E-state index contributed by atoms with van der Waals surface area (Å²) in [5.41, 5.74) is 1.54. The molecule has 1 aliphatic rings. The Bertz CT molecular complexity index is 363. The average molecular weight is 224 g/mol. The monoisotopic (exact) mass is 223 g/mol. The van der Waals surface area contributed by atoms with Crippen molar-refractivity contribution in [2.24, 2.45) is 0 Å². The second-order valence-corrected chi connectivity index (χ2v) is 3.99. The van der Waals surface area contributed by atoms with Gasteiger partial charge in [0.05, 0.1) is 0 Å². The van der Waals surface area contributed by atoms with Crippen LogP contribution in [-0.2, 0) is 0 Å². The summed E-state index contributed by atoms with van der Waals surface area (Å²) in [6.07, 6.45) is 10.4. The molecule has 0 bridgehead atoms. The molecular formula is C11H14ClN3. The van der Waals surface area contributed by atoms with Gasteiger partial charge in [0.15, 0.2) is 11.0 Å². The van der Waals surface area contributed by atoms with E-state index in [-0.39, 0.29) is 0 Å². The Kier molecular flexibility index (Phi) is 3.56. The maximum absolute atomic E-state index is 5.87. The van der Waals surface area contributed by atoms with Gasteiger partial charge in [-0.05, 0) is 25.7 Å². The molecule has 1 heterocycles. The van der Waals surface area contributed by atoms with Crippen molar-refractivity contribution in [2.45, 2.75) is 25.7 Å². The molecule has 0 radical (unpaired) electrons. The largest absolute Gasteiger partial charge is 0.367 e. The minimum absolute atomic E-state index is 0.443. The number of allylic oxidation sites excluding steroid dienone is 1. The first-order chi connectivity index (χ1) is 7.36. The van der Waals surface area contributed by atoms with Gasteiger partial charge < -0.3 is 5.32 Å². The summed E-state index contributed by atoms with van der Waals surface area (Å²) in [6, 6.07) is 0. The van der Waals surface area contributed by atoms with E-state index < -0.39 is 0 Å². The predicted octanol–water partition coefficient (Wildman–Crippen LogP) is 3.04. The van der Waals surface area contributed by atoms with Gasteiger partial charge >= 0.3 is 0 Å². The maximum atomic E-state index is 5.87. The normalized spacial score (nSPS) is 15.1. The lowest BCUT2D eigenvalue weighted by molar-refractivity contribution is 0.861. The molecular weight excluding hydrogens is 210 g/mol. The zero-order valence-electron chi connectivity index (χ0n) is 8.54. The molecule has 80 valence electrons. The Hall–Kier alpha value is -1.09. The molecule has 3 nitrogen and oxygen atoms in total. The quantitative estimate of drug-likeness (QED) is 0.798. The molecule has 15 heavy (non-hydrogen) atoms. The highest BCUT2D eigenvalue weighted by atomic mass is 35.5. The van der Waals surface area contributed by atoms with Crippen LogP contribution in [0.25, 0.3) is 0 Å². The summed E-state index contributed by atoms with van der Waals surface area (Å²) in [6.45, 7) is 0.879. The van der Waals surface area contributed by atoms with E-state index in [1.807, 2.05) is 0 Å². The number of rotatable bonds is 4. The number of nitrogens with zero attached hydrogens (tertiary/aromatic N) is 2. The van der Waals surface area contributed by atoms with Crippen molar-refractivity contribution in [3.63, 3.8) is 0 Å². The molecule has 0 spiro atoms. The summed E-state index contributed by atoms with van der Waals surface area (Å²) < 4.78 is 0. The van der Waals surface area contributed by atoms with Crippen molar-refractivity contribution in [3.05, 3.63) is 29.2 Å². The second kappa shape index (κ2) is 5.12. The number of hydrogen-bond acceptors (Lipinski definition) is 3. The summed E-state index contributed by atoms with van der Waals surface area (Å²) in [7, 11) is 0. The average Bonchev–Trinajstić information content (AvgIpc) is 2.74. The molecule has 4 heteroatoms. The van der Waals surface area contributed by atoms with Gasteiger partial charge in [-0.3, -0.25) is 0 Å². The molecule has 1 aromatic heterocycles. The highest BCUT2D eigenvalue weighted by Gasteiger charge is 2.05. The molecule has 1 aliphatic carbocycles. The van der Waals surface area contributed by atoms with Crippen LogP contribution in [0.4, 0.5) is 5.82 Å². The van der Waals surface area contributed by atoms with E-state index in [9.17, 15) is 0 Å². The smallest absolute Gasteiger partial charge is 0.171 e. The summed E-state index contributed by atoms with van der Waals surface area (Å²) in [5, 5.41) is 3.64. The molecule has 0 amide bonds. The first-order valence-corrected chi connectivity index (χ1v) is 5.62. The van der Waals surface area contributed by atoms with Crippen LogP contribution >= 0.6 is 11.6 Å². The minimum atomic E-state index is 0.443. The molecule has 0 saturated carbocycles. The fraction of sp³-hybridized carbons (Fsp3) is 0.455. The van der Waals surface area contributed by atoms with Crippen LogP contribution in [0.15, 0.2) is 24.0 Å². The number of hydrogen-bond donors (Lipinski definition) is 1. The van der Waals surface area contributed by atoms with Crippen LogP contribution < -0.4 is 5.32 Å². The molecule has 0 aliphatic heterocycles. The number of aromatic nitrogens is 2. The van der Waals surface area contributed by atoms with Crippen molar-refractivity contribution >= 4 is 17.4 Å². The fourth-order valence-electron chi connectivity index (χ4n) is 1.75. The number of anilines is 1. The zero-order chi connectivity index (χ0) is 10.5. The Labute approximate surface area is 94.6 Å². The highest BCUT2D eigenvalue weighted by Crippen LogP contribution is 2.21. The standard InChI is InChI=1S/C11H14ClN3/c12-10-11(15-8-7-13-10)14-6-5-9-3-1-2-4-9/h3,7-8H,1-2,4-6H2,(H,14,15). The lowest BCUT2D eigenvalue weighted by atomic mass is 10.2. The van der Waals surface area contributed by atoms with Gasteiger partial charge in [-0.2, -0.15) is 0 Å². The molecule has 0 fully saturated rings. The predicted molar refractivity (Wildman–Crippen MR) is 62.1 cm³/mol. The first-order valence-electron chi connectivity index (χ1n) is 5.24. The topological polar surface area (TPSA) is 37.8 Å². The molecule has 2 rings (SSSR count). The van der Waals surface area contributed by atoms with Crippen LogP contribution in [0.1, 0.15) is 25.7 Å². The van der Waals surface area contributed by atoms with Crippen molar-refractivity contribution < 1.29 is 0 Å². The number of nitrogens with one attached hydrogen (secondary N) is 1. The Morgan fingerprint density at radius 3 is 2.93 bits per heavy atom. The third-order valence-corrected chi connectivity index (χ3v) is 2.80. The molecule has 0 aromatic carbocycles. The summed E-state index contributed by atoms with van der Waals surface area (Å²) in [4.78, 5) is 8.07. The summed E-state index contributed by atoms with van der Waals surface area (Å²) in [5.74, 6) is 0.678. The fourth-order valence-corrected chi connectivity index (χ4v) is 1.92. The van der Waals surface area contributed by atoms with E-state index in [2.05, 4.69) is 21.4 Å². The first kappa shape index (κ1) is 10.4. The van der Waals surface area contributed by atoms with Gasteiger partial charge in [0.25, 0.3) is 0 Å². The van der Waals surface area contributed by atoms with Gasteiger partial charge in [-0.15, -0.1) is 0 Å². The number of halogens is 1. The van der Waals surface area contributed by atoms with E-state index in [0.717, 1.165) is 13.0 Å². The van der Waals surface area contributed by atoms with Gasteiger partial charge in [0, 0.05) is 18.9 Å². The molecule has 1 aromatic rings. The van der Waals surface area contributed by atoms with Gasteiger partial charge in [-0.25, -0.2) is 9.97 Å². The van der Waals surface area contributed by atoms with Crippen molar-refractivity contribution in [2.75, 3.05) is 11.9 Å². The lowest BCUT2D eigenvalue weighted by Crippen LogP contribution is -2.04. The Balaban J connectivity index is 1.80. The van der Waals surface area contributed by atoms with Crippen LogP contribution in [-0.4, -0.2) is 16.5 Å². The van der Waals surface area contributed by atoms with Gasteiger partial charge in [0.1, 0.15) is 0 Å². The van der Waals surface area contributed by atoms with Crippen LogP contribution in [0.5, 0.6) is 0 Å². The van der Waals surface area contributed by atoms with E-state index in [1.165, 1.54) is 19.3 Å². The minimum Gasteiger partial charge on any atom is -0.367 e. The van der Waals surface area contributed by atoms with E-state index in [4.69, 9.17) is 11.6 Å². The van der Waals surface area contributed by atoms with E-state index in [1.54, 1.807) is 18.0 Å². The highest BCUT2D eigenvalue weighted by molar-refractivity contribution is 6.31. The van der Waals surface area contributed by atoms with E-state index >= 15 is 0 Å². The van der Waals surface area contributed by atoms with Crippen molar-refractivity contribution in [3.8, 4) is 0 Å². The second-order valence-electron chi connectivity index (χ2n) is 3.63.